The Morgan fingerprint density at radius 1 is 1.19 bits per heavy atom. The number of nitrogens with one attached hydrogen (secondary N) is 2. The molecule has 0 aromatic heterocycles. The van der Waals surface area contributed by atoms with Gasteiger partial charge in [-0.2, -0.15) is 0 Å². The van der Waals surface area contributed by atoms with E-state index in [4.69, 9.17) is 0 Å². The van der Waals surface area contributed by atoms with Crippen molar-refractivity contribution in [3.8, 4) is 0 Å². The molecule has 9 nitrogen and oxygen atoms in total. The summed E-state index contributed by atoms with van der Waals surface area (Å²) in [6, 6.07) is 5.62. The van der Waals surface area contributed by atoms with Crippen LogP contribution >= 0.6 is 11.8 Å². The molecule has 0 bridgehead atoms. The van der Waals surface area contributed by atoms with Gasteiger partial charge in [0.05, 0.1) is 31.7 Å². The van der Waals surface area contributed by atoms with Gasteiger partial charge in [0.25, 0.3) is 10.0 Å². The van der Waals surface area contributed by atoms with E-state index in [0.717, 1.165) is 11.8 Å². The Morgan fingerprint density at radius 3 is 2.42 bits per heavy atom. The van der Waals surface area contributed by atoms with Crippen molar-refractivity contribution in [3.05, 3.63) is 36.0 Å². The average molecular weight is 399 g/mol. The zero-order valence-electron chi connectivity index (χ0n) is 14.0. The minimum Gasteiger partial charge on any atom is -0.466 e. The maximum absolute atomic E-state index is 12.3. The lowest BCUT2D eigenvalue weighted by molar-refractivity contribution is -0.138. The summed E-state index contributed by atoms with van der Waals surface area (Å²) in [4.78, 5) is 27.1. The molecule has 1 aliphatic heterocycles. The number of methoxy groups -OCH3 is 2. The molecule has 1 aliphatic rings. The minimum absolute atomic E-state index is 0.0369. The number of anilines is 1. The minimum atomic E-state index is -3.74. The van der Waals surface area contributed by atoms with Crippen molar-refractivity contribution in [1.82, 2.24) is 4.72 Å². The van der Waals surface area contributed by atoms with Crippen LogP contribution in [0.4, 0.5) is 5.69 Å². The highest BCUT2D eigenvalue weighted by molar-refractivity contribution is 8.15. The fourth-order valence-electron chi connectivity index (χ4n) is 1.88. The van der Waals surface area contributed by atoms with E-state index in [2.05, 4.69) is 24.5 Å². The van der Waals surface area contributed by atoms with Crippen molar-refractivity contribution in [2.45, 2.75) is 4.90 Å². The first kappa shape index (κ1) is 19.8. The van der Waals surface area contributed by atoms with Gasteiger partial charge in [0.15, 0.2) is 5.17 Å². The maximum Gasteiger partial charge on any atom is 0.354 e. The highest BCUT2D eigenvalue weighted by Gasteiger charge is 2.19. The molecule has 0 amide bonds. The molecule has 26 heavy (non-hydrogen) atoms. The molecule has 11 heteroatoms. The van der Waals surface area contributed by atoms with Crippen LogP contribution in [0.1, 0.15) is 0 Å². The van der Waals surface area contributed by atoms with Crippen LogP contribution in [0.25, 0.3) is 0 Å². The smallest absolute Gasteiger partial charge is 0.354 e. The summed E-state index contributed by atoms with van der Waals surface area (Å²) in [5.41, 5.74) is 0.238. The number of carbonyl (C=O) groups excluding carboxylic acids is 2. The number of benzene rings is 1. The number of carbonyl (C=O) groups is 2. The second-order valence-corrected chi connectivity index (χ2v) is 7.63. The predicted octanol–water partition coefficient (Wildman–Crippen LogP) is 0.709. The largest absolute Gasteiger partial charge is 0.466 e. The summed E-state index contributed by atoms with van der Waals surface area (Å²) in [6.07, 6.45) is 0.938. The van der Waals surface area contributed by atoms with Crippen LogP contribution in [0, 0.1) is 0 Å². The quantitative estimate of drug-likeness (QED) is 0.530. The van der Waals surface area contributed by atoms with Crippen LogP contribution in [-0.2, 0) is 29.1 Å². The third-order valence-electron chi connectivity index (χ3n) is 3.12. The van der Waals surface area contributed by atoms with E-state index >= 15 is 0 Å². The number of rotatable bonds is 6. The third-order valence-corrected chi connectivity index (χ3v) is 5.49. The first-order valence-corrected chi connectivity index (χ1v) is 9.77. The molecule has 1 aromatic carbocycles. The van der Waals surface area contributed by atoms with Crippen LogP contribution < -0.4 is 10.0 Å². The Kier molecular flexibility index (Phi) is 6.64. The number of sulfonamides is 1. The molecule has 0 unspecified atom stereocenters. The number of nitrogens with zero attached hydrogens (tertiary/aromatic N) is 1. The molecular weight excluding hydrogens is 382 g/mol. The summed E-state index contributed by atoms with van der Waals surface area (Å²) in [5, 5.41) is 3.05. The van der Waals surface area contributed by atoms with Crippen molar-refractivity contribution < 1.29 is 27.5 Å². The van der Waals surface area contributed by atoms with E-state index in [9.17, 15) is 18.0 Å². The van der Waals surface area contributed by atoms with Crippen molar-refractivity contribution in [2.75, 3.05) is 31.8 Å². The number of amidine groups is 1. The maximum atomic E-state index is 12.3. The fourth-order valence-corrected chi connectivity index (χ4v) is 3.91. The number of aliphatic imine (C=N–C) groups is 1. The highest BCUT2D eigenvalue weighted by atomic mass is 32.2. The van der Waals surface area contributed by atoms with Gasteiger partial charge in [-0.25, -0.2) is 18.0 Å². The molecule has 140 valence electrons. The molecule has 1 heterocycles. The van der Waals surface area contributed by atoms with Gasteiger partial charge in [-0.15, -0.1) is 0 Å². The summed E-state index contributed by atoms with van der Waals surface area (Å²) in [5.74, 6) is -0.773. The Hall–Kier alpha value is -2.53. The van der Waals surface area contributed by atoms with Gasteiger partial charge in [-0.05, 0) is 24.3 Å². The molecule has 1 aromatic rings. The van der Waals surface area contributed by atoms with Crippen molar-refractivity contribution in [3.63, 3.8) is 0 Å². The van der Waals surface area contributed by atoms with E-state index in [1.54, 1.807) is 0 Å². The second-order valence-electron chi connectivity index (χ2n) is 4.86. The van der Waals surface area contributed by atoms with Crippen molar-refractivity contribution in [2.24, 2.45) is 4.99 Å². The van der Waals surface area contributed by atoms with E-state index in [1.165, 1.54) is 50.2 Å². The van der Waals surface area contributed by atoms with Crippen LogP contribution in [0.5, 0.6) is 0 Å². The first-order chi connectivity index (χ1) is 12.4. The van der Waals surface area contributed by atoms with Gasteiger partial charge in [0, 0.05) is 11.4 Å². The van der Waals surface area contributed by atoms with Crippen molar-refractivity contribution in [1.29, 1.82) is 0 Å². The lowest BCUT2D eigenvalue weighted by atomic mass is 10.3. The Morgan fingerprint density at radius 2 is 1.88 bits per heavy atom. The van der Waals surface area contributed by atoms with Gasteiger partial charge in [0.1, 0.15) is 5.70 Å². The van der Waals surface area contributed by atoms with Gasteiger partial charge in [-0.1, -0.05) is 11.8 Å². The molecule has 2 rings (SSSR count). The molecule has 0 spiro atoms. The molecule has 0 fully saturated rings. The SMILES string of the molecule is COC(=O)/C=C(/Nc1ccc(S(=O)(=O)NC2=NCCS2)cc1)C(=O)OC. The topological polar surface area (TPSA) is 123 Å². The summed E-state index contributed by atoms with van der Waals surface area (Å²) in [7, 11) is -1.40. The number of esters is 2. The van der Waals surface area contributed by atoms with Crippen LogP contribution in [0.15, 0.2) is 45.9 Å². The lowest BCUT2D eigenvalue weighted by Crippen LogP contribution is -2.27. The summed E-state index contributed by atoms with van der Waals surface area (Å²) in [6.45, 7) is 0.578. The van der Waals surface area contributed by atoms with Gasteiger partial charge in [-0.3, -0.25) is 9.71 Å². The molecule has 0 saturated heterocycles. The second kappa shape index (κ2) is 8.72. The Labute approximate surface area is 154 Å². The zero-order valence-corrected chi connectivity index (χ0v) is 15.6. The van der Waals surface area contributed by atoms with Crippen LogP contribution in [0.3, 0.4) is 0 Å². The fraction of sp³-hybridized carbons (Fsp3) is 0.267. The van der Waals surface area contributed by atoms with Gasteiger partial charge >= 0.3 is 11.9 Å². The molecule has 0 aliphatic carbocycles. The van der Waals surface area contributed by atoms with E-state index in [1.807, 2.05) is 0 Å². The van der Waals surface area contributed by atoms with Gasteiger partial charge in [0.2, 0.25) is 0 Å². The van der Waals surface area contributed by atoms with E-state index in [0.29, 0.717) is 17.4 Å². The van der Waals surface area contributed by atoms with E-state index < -0.39 is 22.0 Å². The summed E-state index contributed by atoms with van der Waals surface area (Å²) < 4.78 is 36.0. The third kappa shape index (κ3) is 5.23. The predicted molar refractivity (Wildman–Crippen MR) is 97.3 cm³/mol. The molecule has 2 N–H and O–H groups in total. The van der Waals surface area contributed by atoms with Crippen LogP contribution in [-0.4, -0.2) is 52.0 Å². The normalized spacial score (nSPS) is 14.4. The molecule has 0 atom stereocenters. The zero-order chi connectivity index (χ0) is 19.2. The highest BCUT2D eigenvalue weighted by Crippen LogP contribution is 2.18. The Bertz CT molecular complexity index is 847. The summed E-state index contributed by atoms with van der Waals surface area (Å²) >= 11 is 1.33. The van der Waals surface area contributed by atoms with Gasteiger partial charge < -0.3 is 14.8 Å². The first-order valence-electron chi connectivity index (χ1n) is 7.31. The number of hydrogen-bond donors (Lipinski definition) is 2. The number of hydrogen-bond acceptors (Lipinski definition) is 9. The van der Waals surface area contributed by atoms with Crippen LogP contribution in [0.2, 0.25) is 0 Å². The average Bonchev–Trinajstić information content (AvgIpc) is 3.13. The lowest BCUT2D eigenvalue weighted by Gasteiger charge is -2.10. The Balaban J connectivity index is 2.16. The molecule has 0 saturated carbocycles. The van der Waals surface area contributed by atoms with Crippen molar-refractivity contribution >= 4 is 44.6 Å². The number of thioether (sulfide) groups is 1. The number of ether oxygens (including phenoxy) is 2. The standard InChI is InChI=1S/C15H17N3O6S2/c1-23-13(19)9-12(14(20)24-2)17-10-3-5-11(6-4-10)26(21,22)18-15-16-7-8-25-15/h3-6,9,17H,7-8H2,1-2H3,(H,16,18)/b12-9+. The van der Waals surface area contributed by atoms with E-state index in [-0.39, 0.29) is 10.6 Å². The molecular formula is C15H17N3O6S2. The molecule has 0 radical (unpaired) electrons. The monoisotopic (exact) mass is 399 g/mol.